The van der Waals surface area contributed by atoms with Gasteiger partial charge in [0.1, 0.15) is 0 Å². The molecule has 1 rings (SSSR count). The Morgan fingerprint density at radius 3 is 2.78 bits per heavy atom. The maximum atomic E-state index is 11.4. The maximum Gasteiger partial charge on any atom is 0.305 e. The molecule has 0 unspecified atom stereocenters. The number of carbonyl (C=O) groups excluding carboxylic acids is 1. The summed E-state index contributed by atoms with van der Waals surface area (Å²) in [6.45, 7) is 3.66. The summed E-state index contributed by atoms with van der Waals surface area (Å²) in [7, 11) is 0. The van der Waals surface area contributed by atoms with Crippen molar-refractivity contribution in [3.8, 4) is 0 Å². The van der Waals surface area contributed by atoms with Crippen LogP contribution < -0.4 is 0 Å². The van der Waals surface area contributed by atoms with Crippen molar-refractivity contribution in [2.75, 3.05) is 13.2 Å². The minimum atomic E-state index is -0.0289. The number of carbonyl (C=O) groups is 1. The molecule has 1 heterocycles. The fourth-order valence-electron chi connectivity index (χ4n) is 2.31. The number of unbranched alkanes of at least 4 members (excludes halogenated alkanes) is 4. The van der Waals surface area contributed by atoms with Gasteiger partial charge in [-0.1, -0.05) is 32.6 Å². The molecule has 1 fully saturated rings. The van der Waals surface area contributed by atoms with Gasteiger partial charge in [0.05, 0.1) is 12.7 Å². The van der Waals surface area contributed by atoms with E-state index >= 15 is 0 Å². The van der Waals surface area contributed by atoms with E-state index in [1.54, 1.807) is 0 Å². The molecule has 1 aliphatic heterocycles. The van der Waals surface area contributed by atoms with Gasteiger partial charge < -0.3 is 9.47 Å². The van der Waals surface area contributed by atoms with Crippen molar-refractivity contribution >= 4 is 5.97 Å². The lowest BCUT2D eigenvalue weighted by molar-refractivity contribution is -0.144. The SMILES string of the molecule is CCCCCCCC(=O)OCCC[C@H]1CCCO1. The molecule has 3 heteroatoms. The van der Waals surface area contributed by atoms with E-state index in [0.29, 0.717) is 19.1 Å². The van der Waals surface area contributed by atoms with Gasteiger partial charge in [-0.15, -0.1) is 0 Å². The van der Waals surface area contributed by atoms with E-state index in [-0.39, 0.29) is 5.97 Å². The quantitative estimate of drug-likeness (QED) is 0.440. The highest BCUT2D eigenvalue weighted by atomic mass is 16.5. The van der Waals surface area contributed by atoms with E-state index in [2.05, 4.69) is 6.92 Å². The van der Waals surface area contributed by atoms with Crippen molar-refractivity contribution in [2.24, 2.45) is 0 Å². The van der Waals surface area contributed by atoms with Gasteiger partial charge in [-0.2, -0.15) is 0 Å². The zero-order valence-electron chi connectivity index (χ0n) is 11.8. The van der Waals surface area contributed by atoms with Gasteiger partial charge in [-0.05, 0) is 32.1 Å². The molecule has 0 spiro atoms. The lowest BCUT2D eigenvalue weighted by Gasteiger charge is -2.09. The molecule has 0 saturated carbocycles. The molecule has 0 N–H and O–H groups in total. The number of rotatable bonds is 10. The highest BCUT2D eigenvalue weighted by Gasteiger charge is 2.14. The van der Waals surface area contributed by atoms with Gasteiger partial charge in [-0.3, -0.25) is 4.79 Å². The van der Waals surface area contributed by atoms with Crippen LogP contribution in [-0.4, -0.2) is 25.3 Å². The Hall–Kier alpha value is -0.570. The summed E-state index contributed by atoms with van der Waals surface area (Å²) < 4.78 is 10.7. The first-order valence-corrected chi connectivity index (χ1v) is 7.60. The Morgan fingerprint density at radius 2 is 2.06 bits per heavy atom. The van der Waals surface area contributed by atoms with Gasteiger partial charge >= 0.3 is 5.97 Å². The first kappa shape index (κ1) is 15.5. The molecule has 1 saturated heterocycles. The van der Waals surface area contributed by atoms with Crippen LogP contribution >= 0.6 is 0 Å². The normalized spacial score (nSPS) is 19.1. The first-order chi connectivity index (χ1) is 8.83. The monoisotopic (exact) mass is 256 g/mol. The van der Waals surface area contributed by atoms with Crippen LogP contribution in [0.3, 0.4) is 0 Å². The lowest BCUT2D eigenvalue weighted by Crippen LogP contribution is -2.09. The average molecular weight is 256 g/mol. The minimum Gasteiger partial charge on any atom is -0.466 e. The molecule has 0 aromatic rings. The topological polar surface area (TPSA) is 35.5 Å². The second kappa shape index (κ2) is 10.4. The predicted octanol–water partition coefficient (Wildman–Crippen LogP) is 3.85. The van der Waals surface area contributed by atoms with Gasteiger partial charge in [0, 0.05) is 13.0 Å². The van der Waals surface area contributed by atoms with Crippen molar-refractivity contribution < 1.29 is 14.3 Å². The molecule has 18 heavy (non-hydrogen) atoms. The van der Waals surface area contributed by atoms with E-state index in [1.165, 1.54) is 32.1 Å². The van der Waals surface area contributed by atoms with Crippen molar-refractivity contribution in [3.63, 3.8) is 0 Å². The molecular formula is C15H28O3. The van der Waals surface area contributed by atoms with Gasteiger partial charge in [0.25, 0.3) is 0 Å². The Kier molecular flexibility index (Phi) is 8.92. The summed E-state index contributed by atoms with van der Waals surface area (Å²) in [6, 6.07) is 0. The zero-order valence-corrected chi connectivity index (χ0v) is 11.8. The third-order valence-electron chi connectivity index (χ3n) is 3.44. The Balaban J connectivity index is 1.84. The van der Waals surface area contributed by atoms with E-state index in [1.807, 2.05) is 0 Å². The molecular weight excluding hydrogens is 228 g/mol. The maximum absolute atomic E-state index is 11.4. The van der Waals surface area contributed by atoms with Crippen LogP contribution in [0.25, 0.3) is 0 Å². The van der Waals surface area contributed by atoms with Gasteiger partial charge in [0.2, 0.25) is 0 Å². The molecule has 1 atom stereocenters. The number of hydrogen-bond donors (Lipinski definition) is 0. The number of ether oxygens (including phenoxy) is 2. The van der Waals surface area contributed by atoms with E-state index < -0.39 is 0 Å². The van der Waals surface area contributed by atoms with Gasteiger partial charge in [0.15, 0.2) is 0 Å². The summed E-state index contributed by atoms with van der Waals surface area (Å²) in [5, 5.41) is 0. The first-order valence-electron chi connectivity index (χ1n) is 7.60. The van der Waals surface area contributed by atoms with Crippen LogP contribution in [0.15, 0.2) is 0 Å². The summed E-state index contributed by atoms with van der Waals surface area (Å²) in [5.74, 6) is -0.0289. The van der Waals surface area contributed by atoms with Crippen LogP contribution in [-0.2, 0) is 14.3 Å². The van der Waals surface area contributed by atoms with Crippen LogP contribution in [0.4, 0.5) is 0 Å². The largest absolute Gasteiger partial charge is 0.466 e. The second-order valence-electron chi connectivity index (χ2n) is 5.16. The van der Waals surface area contributed by atoms with E-state index in [4.69, 9.17) is 9.47 Å². The lowest BCUT2D eigenvalue weighted by atomic mass is 10.1. The molecule has 0 aliphatic carbocycles. The Labute approximate surface area is 111 Å². The van der Waals surface area contributed by atoms with Crippen LogP contribution in [0, 0.1) is 0 Å². The van der Waals surface area contributed by atoms with Crippen LogP contribution in [0.2, 0.25) is 0 Å². The summed E-state index contributed by atoms with van der Waals surface area (Å²) >= 11 is 0. The van der Waals surface area contributed by atoms with Gasteiger partial charge in [-0.25, -0.2) is 0 Å². The third kappa shape index (κ3) is 7.70. The number of hydrogen-bond acceptors (Lipinski definition) is 3. The highest BCUT2D eigenvalue weighted by Crippen LogP contribution is 2.16. The molecule has 3 nitrogen and oxygen atoms in total. The second-order valence-corrected chi connectivity index (χ2v) is 5.16. The fraction of sp³-hybridized carbons (Fsp3) is 0.933. The van der Waals surface area contributed by atoms with E-state index in [0.717, 1.165) is 32.3 Å². The van der Waals surface area contributed by atoms with Crippen molar-refractivity contribution in [1.29, 1.82) is 0 Å². The molecule has 1 aliphatic rings. The van der Waals surface area contributed by atoms with Crippen molar-refractivity contribution in [1.82, 2.24) is 0 Å². The zero-order chi connectivity index (χ0) is 13.1. The Bertz CT molecular complexity index is 210. The standard InChI is InChI=1S/C15H28O3/c1-2-3-4-5-6-11-15(16)18-13-8-10-14-9-7-12-17-14/h14H,2-13H2,1H3/t14-/m1/s1. The third-order valence-corrected chi connectivity index (χ3v) is 3.44. The number of esters is 1. The molecule has 0 aromatic heterocycles. The van der Waals surface area contributed by atoms with Crippen molar-refractivity contribution in [2.45, 2.75) is 77.2 Å². The van der Waals surface area contributed by atoms with Crippen molar-refractivity contribution in [3.05, 3.63) is 0 Å². The highest BCUT2D eigenvalue weighted by molar-refractivity contribution is 5.69. The van der Waals surface area contributed by atoms with Crippen LogP contribution in [0.1, 0.15) is 71.1 Å². The molecule has 0 aromatic carbocycles. The Morgan fingerprint density at radius 1 is 1.22 bits per heavy atom. The fourth-order valence-corrected chi connectivity index (χ4v) is 2.31. The molecule has 0 radical (unpaired) electrons. The van der Waals surface area contributed by atoms with E-state index in [9.17, 15) is 4.79 Å². The molecule has 0 bridgehead atoms. The predicted molar refractivity (Wildman–Crippen MR) is 72.5 cm³/mol. The summed E-state index contributed by atoms with van der Waals surface area (Å²) in [4.78, 5) is 11.4. The average Bonchev–Trinajstić information content (AvgIpc) is 2.87. The molecule has 106 valence electrons. The summed E-state index contributed by atoms with van der Waals surface area (Å²) in [6.07, 6.45) is 11.2. The van der Waals surface area contributed by atoms with Crippen LogP contribution in [0.5, 0.6) is 0 Å². The summed E-state index contributed by atoms with van der Waals surface area (Å²) in [5.41, 5.74) is 0. The smallest absolute Gasteiger partial charge is 0.305 e. The molecule has 0 amide bonds. The minimum absolute atomic E-state index is 0.0289.